The van der Waals surface area contributed by atoms with Crippen LogP contribution < -0.4 is 18.9 Å². The maximum atomic E-state index is 6.39. The third kappa shape index (κ3) is 10.6. The minimum atomic E-state index is -0.405. The predicted octanol–water partition coefficient (Wildman–Crippen LogP) is 3.95. The molecule has 1 aliphatic carbocycles. The highest BCUT2D eigenvalue weighted by molar-refractivity contribution is 5.56. The molecular formula is C41H50O12. The fourth-order valence-electron chi connectivity index (χ4n) is 6.62. The van der Waals surface area contributed by atoms with Crippen molar-refractivity contribution < 1.29 is 56.8 Å². The molecular weight excluding hydrogens is 684 g/mol. The van der Waals surface area contributed by atoms with E-state index in [1.165, 1.54) is 11.1 Å². The summed E-state index contributed by atoms with van der Waals surface area (Å²) in [7, 11) is 0. The van der Waals surface area contributed by atoms with Gasteiger partial charge in [-0.15, -0.1) is 0 Å². The summed E-state index contributed by atoms with van der Waals surface area (Å²) in [4.78, 5) is 0. The summed E-state index contributed by atoms with van der Waals surface area (Å²) in [5.41, 5.74) is 4.47. The Morgan fingerprint density at radius 2 is 0.774 bits per heavy atom. The van der Waals surface area contributed by atoms with E-state index in [4.69, 9.17) is 56.8 Å². The van der Waals surface area contributed by atoms with E-state index in [9.17, 15) is 0 Å². The molecule has 12 nitrogen and oxygen atoms in total. The average Bonchev–Trinajstić information content (AvgIpc) is 3.96. The number of epoxide rings is 4. The Hall–Kier alpha value is -3.46. The van der Waals surface area contributed by atoms with E-state index in [1.807, 2.05) is 12.1 Å². The fourth-order valence-corrected chi connectivity index (χ4v) is 6.62. The third-order valence-corrected chi connectivity index (χ3v) is 9.86. The number of benzene rings is 3. The van der Waals surface area contributed by atoms with Crippen LogP contribution in [0.15, 0.2) is 60.7 Å². The van der Waals surface area contributed by atoms with Crippen molar-refractivity contribution in [3.05, 3.63) is 82.9 Å². The summed E-state index contributed by atoms with van der Waals surface area (Å²) >= 11 is 0. The molecule has 0 spiro atoms. The van der Waals surface area contributed by atoms with Gasteiger partial charge in [0.05, 0.1) is 79.3 Å². The molecule has 4 unspecified atom stereocenters. The summed E-state index contributed by atoms with van der Waals surface area (Å²) in [5.74, 6) is 2.66. The van der Waals surface area contributed by atoms with Crippen molar-refractivity contribution in [1.82, 2.24) is 0 Å². The van der Waals surface area contributed by atoms with Crippen LogP contribution in [0.1, 0.15) is 22.3 Å². The van der Waals surface area contributed by atoms with Crippen LogP contribution in [0.25, 0.3) is 0 Å². The summed E-state index contributed by atoms with van der Waals surface area (Å²) in [6.07, 6.45) is 2.45. The highest BCUT2D eigenvalue weighted by atomic mass is 16.6. The molecule has 4 aliphatic heterocycles. The highest BCUT2D eigenvalue weighted by Gasteiger charge is 2.41. The number of rotatable bonds is 26. The predicted molar refractivity (Wildman–Crippen MR) is 192 cm³/mol. The lowest BCUT2D eigenvalue weighted by Gasteiger charge is -2.32. The Kier molecular flexibility index (Phi) is 12.3. The second-order valence-corrected chi connectivity index (χ2v) is 14.0. The Balaban J connectivity index is 1.03. The number of hydrogen-bond donors (Lipinski definition) is 0. The molecule has 5 aliphatic rings. The molecule has 0 aromatic heterocycles. The molecule has 0 radical (unpaired) electrons. The lowest BCUT2D eigenvalue weighted by Crippen LogP contribution is -2.29. The molecule has 8 rings (SSSR count). The lowest BCUT2D eigenvalue weighted by atomic mass is 9.72. The number of hydrogen-bond acceptors (Lipinski definition) is 12. The molecule has 53 heavy (non-hydrogen) atoms. The largest absolute Gasteiger partial charge is 0.487 e. The minimum Gasteiger partial charge on any atom is -0.487 e. The fraction of sp³-hybridized carbons (Fsp3) is 0.561. The van der Waals surface area contributed by atoms with Gasteiger partial charge in [-0.05, 0) is 59.4 Å². The van der Waals surface area contributed by atoms with E-state index in [1.54, 1.807) is 0 Å². The van der Waals surface area contributed by atoms with Gasteiger partial charge in [0, 0.05) is 5.41 Å². The molecule has 0 N–H and O–H groups in total. The molecule has 12 heteroatoms. The van der Waals surface area contributed by atoms with Crippen LogP contribution in [-0.2, 0) is 56.2 Å². The molecule has 4 saturated heterocycles. The first-order valence-corrected chi connectivity index (χ1v) is 18.9. The van der Waals surface area contributed by atoms with Crippen LogP contribution in [0.5, 0.6) is 23.0 Å². The van der Waals surface area contributed by atoms with Gasteiger partial charge in [-0.2, -0.15) is 0 Å². The maximum absolute atomic E-state index is 6.39. The van der Waals surface area contributed by atoms with Crippen molar-refractivity contribution in [1.29, 1.82) is 0 Å². The molecule has 0 amide bonds. The molecule has 4 heterocycles. The van der Waals surface area contributed by atoms with Gasteiger partial charge < -0.3 is 56.8 Å². The van der Waals surface area contributed by atoms with Gasteiger partial charge in [0.2, 0.25) is 0 Å². The standard InChI is InChI=1S/C41H50O12/c1-2-4-30-20-41(19-29(30)3-1,31-5-7-37(46-13-9-42-21-33-25-50-33)39(17-31)48-15-11-44-23-35-27-52-35)32-6-8-38(47-14-10-43-22-34-26-51-34)40(18-32)49-16-12-45-24-36-28-53-36/h1-8,17-18,33-36H,9-16,19-28H2. The van der Waals surface area contributed by atoms with Crippen LogP contribution in [0.2, 0.25) is 0 Å². The van der Waals surface area contributed by atoms with Crippen LogP contribution >= 0.6 is 0 Å². The summed E-state index contributed by atoms with van der Waals surface area (Å²) in [6, 6.07) is 21.3. The summed E-state index contributed by atoms with van der Waals surface area (Å²) < 4.78 is 69.3. The normalized spacial score (nSPS) is 22.9. The second kappa shape index (κ2) is 17.8. The van der Waals surface area contributed by atoms with Crippen molar-refractivity contribution >= 4 is 0 Å². The third-order valence-electron chi connectivity index (χ3n) is 9.86. The Bertz CT molecular complexity index is 1500. The van der Waals surface area contributed by atoms with Crippen LogP contribution in [0.3, 0.4) is 0 Å². The molecule has 286 valence electrons. The first-order valence-electron chi connectivity index (χ1n) is 18.9. The number of fused-ring (bicyclic) bond motifs is 1. The summed E-state index contributed by atoms with van der Waals surface area (Å²) in [6.45, 7) is 8.73. The quantitative estimate of drug-likeness (QED) is 0.0877. The van der Waals surface area contributed by atoms with Gasteiger partial charge >= 0.3 is 0 Å². The van der Waals surface area contributed by atoms with Gasteiger partial charge in [0.1, 0.15) is 50.8 Å². The van der Waals surface area contributed by atoms with E-state index in [2.05, 4.69) is 48.5 Å². The molecule has 0 bridgehead atoms. The van der Waals surface area contributed by atoms with E-state index >= 15 is 0 Å². The van der Waals surface area contributed by atoms with Gasteiger partial charge in [-0.1, -0.05) is 36.4 Å². The zero-order chi connectivity index (χ0) is 35.7. The number of ether oxygens (including phenoxy) is 12. The zero-order valence-electron chi connectivity index (χ0n) is 30.2. The highest BCUT2D eigenvalue weighted by Crippen LogP contribution is 2.48. The van der Waals surface area contributed by atoms with Crippen LogP contribution in [0.4, 0.5) is 0 Å². The lowest BCUT2D eigenvalue weighted by molar-refractivity contribution is 0.0800. The summed E-state index contributed by atoms with van der Waals surface area (Å²) in [5, 5.41) is 0. The molecule has 3 aromatic carbocycles. The first kappa shape index (κ1) is 36.5. The van der Waals surface area contributed by atoms with Crippen LogP contribution in [-0.4, -0.2) is 130 Å². The van der Waals surface area contributed by atoms with Gasteiger partial charge in [-0.3, -0.25) is 0 Å². The van der Waals surface area contributed by atoms with Crippen LogP contribution in [0, 0.1) is 0 Å². The van der Waals surface area contributed by atoms with E-state index in [0.29, 0.717) is 102 Å². The molecule has 0 saturated carbocycles. The maximum Gasteiger partial charge on any atom is 0.161 e. The first-order chi connectivity index (χ1) is 26.2. The smallest absolute Gasteiger partial charge is 0.161 e. The molecule has 3 aromatic rings. The molecule has 4 fully saturated rings. The Morgan fingerprint density at radius 3 is 1.11 bits per heavy atom. The van der Waals surface area contributed by atoms with E-state index in [0.717, 1.165) is 50.4 Å². The monoisotopic (exact) mass is 734 g/mol. The SMILES string of the molecule is c1ccc2c(c1)CC(c1ccc(OCCOCC3CO3)c(OCCOCC3CO3)c1)(c1ccc(OCCOCC3CO3)c(OCCOCC3CO3)c1)C2. The Morgan fingerprint density at radius 1 is 0.434 bits per heavy atom. The topological polar surface area (TPSA) is 124 Å². The average molecular weight is 735 g/mol. The van der Waals surface area contributed by atoms with Gasteiger partial charge in [0.15, 0.2) is 23.0 Å². The van der Waals surface area contributed by atoms with Crippen molar-refractivity contribution in [2.24, 2.45) is 0 Å². The van der Waals surface area contributed by atoms with Gasteiger partial charge in [0.25, 0.3) is 0 Å². The molecule has 4 atom stereocenters. The van der Waals surface area contributed by atoms with Crippen molar-refractivity contribution in [3.63, 3.8) is 0 Å². The second-order valence-electron chi connectivity index (χ2n) is 14.0. The van der Waals surface area contributed by atoms with Crippen molar-refractivity contribution in [3.8, 4) is 23.0 Å². The van der Waals surface area contributed by atoms with Gasteiger partial charge in [-0.25, -0.2) is 0 Å². The van der Waals surface area contributed by atoms with Crippen molar-refractivity contribution in [2.75, 3.05) is 106 Å². The minimum absolute atomic E-state index is 0.202. The van der Waals surface area contributed by atoms with E-state index in [-0.39, 0.29) is 24.4 Å². The van der Waals surface area contributed by atoms with E-state index < -0.39 is 5.41 Å². The van der Waals surface area contributed by atoms with Crippen molar-refractivity contribution in [2.45, 2.75) is 42.7 Å². The zero-order valence-corrected chi connectivity index (χ0v) is 30.2. The Labute approximate surface area is 310 Å².